The molecule has 1 amide bonds. The molecular weight excluding hydrogens is 280 g/mol. The van der Waals surface area contributed by atoms with Crippen molar-refractivity contribution in [3.63, 3.8) is 0 Å². The molecule has 0 bridgehead atoms. The molecule has 0 fully saturated rings. The fraction of sp³-hybridized carbons (Fsp3) is 0.500. The molecule has 0 saturated carbocycles. The van der Waals surface area contributed by atoms with E-state index < -0.39 is 0 Å². The molecule has 5 nitrogen and oxygen atoms in total. The largest absolute Gasteiger partial charge is 0.493 e. The van der Waals surface area contributed by atoms with Gasteiger partial charge < -0.3 is 20.5 Å². The number of benzene rings is 1. The summed E-state index contributed by atoms with van der Waals surface area (Å²) in [4.78, 5) is 11.9. The maximum absolute atomic E-state index is 11.9. The maximum atomic E-state index is 11.9. The van der Waals surface area contributed by atoms with Gasteiger partial charge in [-0.2, -0.15) is 0 Å². The van der Waals surface area contributed by atoms with Gasteiger partial charge in [0.1, 0.15) is 0 Å². The number of carbonyl (C=O) groups is 1. The van der Waals surface area contributed by atoms with E-state index in [0.29, 0.717) is 35.1 Å². The van der Waals surface area contributed by atoms with Crippen LogP contribution in [0.5, 0.6) is 11.5 Å². The van der Waals surface area contributed by atoms with Gasteiger partial charge in [-0.25, -0.2) is 0 Å². The number of carbonyl (C=O) groups excluding carboxylic acids is 1. The van der Waals surface area contributed by atoms with Crippen LogP contribution in [0.1, 0.15) is 26.7 Å². The smallest absolute Gasteiger partial charge is 0.224 e. The van der Waals surface area contributed by atoms with Crippen molar-refractivity contribution in [1.82, 2.24) is 0 Å². The molecule has 0 aliphatic carbocycles. The number of rotatable bonds is 6. The molecule has 0 aliphatic rings. The Bertz CT molecular complexity index is 484. The van der Waals surface area contributed by atoms with Gasteiger partial charge in [-0.1, -0.05) is 11.6 Å². The first kappa shape index (κ1) is 16.6. The summed E-state index contributed by atoms with van der Waals surface area (Å²) in [6.45, 7) is 3.76. The zero-order valence-electron chi connectivity index (χ0n) is 12.2. The zero-order valence-corrected chi connectivity index (χ0v) is 13.0. The van der Waals surface area contributed by atoms with E-state index in [2.05, 4.69) is 5.32 Å². The van der Waals surface area contributed by atoms with Crippen LogP contribution in [0.2, 0.25) is 5.02 Å². The Hall–Kier alpha value is -1.46. The first-order valence-corrected chi connectivity index (χ1v) is 6.65. The van der Waals surface area contributed by atoms with E-state index in [1.54, 1.807) is 12.1 Å². The average molecular weight is 301 g/mol. The minimum atomic E-state index is -0.376. The van der Waals surface area contributed by atoms with Gasteiger partial charge in [0.15, 0.2) is 11.5 Å². The molecule has 0 aliphatic heterocycles. The van der Waals surface area contributed by atoms with E-state index in [1.807, 2.05) is 13.8 Å². The molecule has 1 aromatic carbocycles. The lowest BCUT2D eigenvalue weighted by Gasteiger charge is -2.18. The third-order valence-corrected chi connectivity index (χ3v) is 3.06. The van der Waals surface area contributed by atoms with Gasteiger partial charge in [0, 0.05) is 24.1 Å². The molecule has 0 spiro atoms. The number of anilines is 1. The highest BCUT2D eigenvalue weighted by Gasteiger charge is 2.15. The molecule has 0 atom stereocenters. The first-order chi connectivity index (χ1) is 9.26. The van der Waals surface area contributed by atoms with E-state index in [0.717, 1.165) is 0 Å². The highest BCUT2D eigenvalue weighted by molar-refractivity contribution is 6.34. The number of hydrogen-bond acceptors (Lipinski definition) is 4. The summed E-state index contributed by atoms with van der Waals surface area (Å²) in [6, 6.07) is 3.23. The number of methoxy groups -OCH3 is 2. The van der Waals surface area contributed by atoms with E-state index >= 15 is 0 Å². The maximum Gasteiger partial charge on any atom is 0.224 e. The molecule has 1 rings (SSSR count). The Morgan fingerprint density at radius 2 is 1.85 bits per heavy atom. The van der Waals surface area contributed by atoms with Gasteiger partial charge in [-0.15, -0.1) is 0 Å². The van der Waals surface area contributed by atoms with Crippen molar-refractivity contribution in [2.24, 2.45) is 5.73 Å². The van der Waals surface area contributed by atoms with Crippen LogP contribution in [0.4, 0.5) is 5.69 Å². The van der Waals surface area contributed by atoms with Crippen molar-refractivity contribution in [2.75, 3.05) is 19.5 Å². The lowest BCUT2D eigenvalue weighted by Crippen LogP contribution is -2.33. The van der Waals surface area contributed by atoms with E-state index in [9.17, 15) is 4.79 Å². The summed E-state index contributed by atoms with van der Waals surface area (Å²) in [7, 11) is 3.05. The molecule has 1 aromatic rings. The Kier molecular flexibility index (Phi) is 5.65. The predicted molar refractivity (Wildman–Crippen MR) is 80.7 cm³/mol. The lowest BCUT2D eigenvalue weighted by atomic mass is 10.00. The normalized spacial score (nSPS) is 11.1. The second-order valence-electron chi connectivity index (χ2n) is 5.22. The summed E-state index contributed by atoms with van der Waals surface area (Å²) in [6.07, 6.45) is 0.915. The standard InChI is InChI=1S/C14H21ClN2O3/c1-14(2,16)6-5-13(18)17-10-8-12(20-4)11(19-3)7-9(10)15/h7-8H,5-6,16H2,1-4H3,(H,17,18). The quantitative estimate of drug-likeness (QED) is 0.847. The highest BCUT2D eigenvalue weighted by Crippen LogP contribution is 2.36. The second-order valence-corrected chi connectivity index (χ2v) is 5.63. The minimum Gasteiger partial charge on any atom is -0.493 e. The molecule has 20 heavy (non-hydrogen) atoms. The van der Waals surface area contributed by atoms with Crippen LogP contribution >= 0.6 is 11.6 Å². The summed E-state index contributed by atoms with van der Waals surface area (Å²) >= 11 is 6.10. The molecule has 0 radical (unpaired) electrons. The monoisotopic (exact) mass is 300 g/mol. The molecule has 112 valence electrons. The van der Waals surface area contributed by atoms with Gasteiger partial charge >= 0.3 is 0 Å². The zero-order chi connectivity index (χ0) is 15.3. The Balaban J connectivity index is 2.79. The van der Waals surface area contributed by atoms with Crippen LogP contribution in [-0.2, 0) is 4.79 Å². The van der Waals surface area contributed by atoms with Crippen LogP contribution in [0.15, 0.2) is 12.1 Å². The van der Waals surface area contributed by atoms with Gasteiger partial charge in [0.25, 0.3) is 0 Å². The second kappa shape index (κ2) is 6.81. The SMILES string of the molecule is COc1cc(Cl)c(NC(=O)CCC(C)(C)N)cc1OC. The lowest BCUT2D eigenvalue weighted by molar-refractivity contribution is -0.116. The van der Waals surface area contributed by atoms with Crippen LogP contribution in [0.3, 0.4) is 0 Å². The summed E-state index contributed by atoms with van der Waals surface area (Å²) in [5.74, 6) is 0.877. The number of hydrogen-bond donors (Lipinski definition) is 2. The van der Waals surface area contributed by atoms with Crippen molar-refractivity contribution >= 4 is 23.2 Å². The van der Waals surface area contributed by atoms with Gasteiger partial charge in [0.2, 0.25) is 5.91 Å². The van der Waals surface area contributed by atoms with Gasteiger partial charge in [0.05, 0.1) is 24.9 Å². The molecular formula is C14H21ClN2O3. The van der Waals surface area contributed by atoms with Crippen LogP contribution in [-0.4, -0.2) is 25.7 Å². The number of halogens is 1. The molecule has 0 aromatic heterocycles. The van der Waals surface area contributed by atoms with E-state index in [-0.39, 0.29) is 11.4 Å². The van der Waals surface area contributed by atoms with E-state index in [4.69, 9.17) is 26.8 Å². The third kappa shape index (κ3) is 4.90. The number of amides is 1. The predicted octanol–water partition coefficient (Wildman–Crippen LogP) is 2.81. The van der Waals surface area contributed by atoms with Crippen molar-refractivity contribution in [3.05, 3.63) is 17.2 Å². The van der Waals surface area contributed by atoms with Crippen molar-refractivity contribution in [3.8, 4) is 11.5 Å². The minimum absolute atomic E-state index is 0.141. The molecule has 0 unspecified atom stereocenters. The number of nitrogens with one attached hydrogen (secondary N) is 1. The third-order valence-electron chi connectivity index (χ3n) is 2.74. The average Bonchev–Trinajstić information content (AvgIpc) is 2.37. The van der Waals surface area contributed by atoms with Gasteiger partial charge in [-0.05, 0) is 20.3 Å². The van der Waals surface area contributed by atoms with Crippen LogP contribution in [0.25, 0.3) is 0 Å². The number of ether oxygens (including phenoxy) is 2. The van der Waals surface area contributed by atoms with Crippen molar-refractivity contribution in [1.29, 1.82) is 0 Å². The topological polar surface area (TPSA) is 73.6 Å². The van der Waals surface area contributed by atoms with Crippen molar-refractivity contribution in [2.45, 2.75) is 32.2 Å². The van der Waals surface area contributed by atoms with Gasteiger partial charge in [-0.3, -0.25) is 4.79 Å². The molecule has 3 N–H and O–H groups in total. The Morgan fingerprint density at radius 3 is 2.35 bits per heavy atom. The van der Waals surface area contributed by atoms with E-state index in [1.165, 1.54) is 14.2 Å². The summed E-state index contributed by atoms with van der Waals surface area (Å²) in [5.41, 5.74) is 5.96. The number of nitrogens with two attached hydrogens (primary N) is 1. The first-order valence-electron chi connectivity index (χ1n) is 6.27. The fourth-order valence-electron chi connectivity index (χ4n) is 1.60. The Morgan fingerprint density at radius 1 is 1.30 bits per heavy atom. The fourth-order valence-corrected chi connectivity index (χ4v) is 1.80. The summed E-state index contributed by atoms with van der Waals surface area (Å²) < 4.78 is 10.3. The molecule has 0 heterocycles. The van der Waals surface area contributed by atoms with Crippen LogP contribution < -0.4 is 20.5 Å². The van der Waals surface area contributed by atoms with Crippen LogP contribution in [0, 0.1) is 0 Å². The Labute approximate surface area is 124 Å². The molecule has 0 saturated heterocycles. The highest BCUT2D eigenvalue weighted by atomic mass is 35.5. The summed E-state index contributed by atoms with van der Waals surface area (Å²) in [5, 5.41) is 3.14. The van der Waals surface area contributed by atoms with Crippen molar-refractivity contribution < 1.29 is 14.3 Å². The molecule has 6 heteroatoms.